The summed E-state index contributed by atoms with van der Waals surface area (Å²) in [7, 11) is 0. The zero-order valence-electron chi connectivity index (χ0n) is 11.6. The molecule has 1 N–H and O–H groups in total. The third-order valence-electron chi connectivity index (χ3n) is 3.17. The Morgan fingerprint density at radius 2 is 1.73 bits per heavy atom. The van der Waals surface area contributed by atoms with Crippen LogP contribution in [0.15, 0.2) is 48.5 Å². The Bertz CT molecular complexity index is 828. The summed E-state index contributed by atoms with van der Waals surface area (Å²) in [6.45, 7) is 1.74. The second-order valence-electron chi connectivity index (χ2n) is 4.84. The van der Waals surface area contributed by atoms with Gasteiger partial charge in [0.05, 0.1) is 11.1 Å². The molecule has 0 radical (unpaired) electrons. The van der Waals surface area contributed by atoms with Crippen molar-refractivity contribution in [2.75, 3.05) is 5.32 Å². The zero-order chi connectivity index (χ0) is 15.7. The molecule has 0 fully saturated rings. The molecule has 1 heterocycles. The highest BCUT2D eigenvalue weighted by molar-refractivity contribution is 5.90. The van der Waals surface area contributed by atoms with E-state index in [0.717, 1.165) is 23.0 Å². The molecule has 2 aromatic carbocycles. The SMILES string of the molecule is Cc1nc(Nc2cccc(C(F)(F)F)c2)c2ccccc2n1. The van der Waals surface area contributed by atoms with Crippen LogP contribution in [0.25, 0.3) is 10.9 Å². The van der Waals surface area contributed by atoms with Crippen molar-refractivity contribution in [1.82, 2.24) is 9.97 Å². The van der Waals surface area contributed by atoms with Crippen molar-refractivity contribution < 1.29 is 13.2 Å². The summed E-state index contributed by atoms with van der Waals surface area (Å²) in [5.74, 6) is 1.04. The lowest BCUT2D eigenvalue weighted by Gasteiger charge is -2.12. The van der Waals surface area contributed by atoms with Gasteiger partial charge < -0.3 is 5.32 Å². The number of hydrogen-bond acceptors (Lipinski definition) is 3. The third-order valence-corrected chi connectivity index (χ3v) is 3.17. The van der Waals surface area contributed by atoms with Crippen molar-refractivity contribution in [3.05, 3.63) is 59.9 Å². The van der Waals surface area contributed by atoms with Crippen LogP contribution >= 0.6 is 0 Å². The van der Waals surface area contributed by atoms with Crippen molar-refractivity contribution in [2.45, 2.75) is 13.1 Å². The molecule has 6 heteroatoms. The van der Waals surface area contributed by atoms with Gasteiger partial charge in [0, 0.05) is 11.1 Å². The van der Waals surface area contributed by atoms with Gasteiger partial charge in [0.2, 0.25) is 0 Å². The number of rotatable bonds is 2. The number of hydrogen-bond donors (Lipinski definition) is 1. The first-order chi connectivity index (χ1) is 10.4. The number of benzene rings is 2. The second kappa shape index (κ2) is 5.29. The van der Waals surface area contributed by atoms with Gasteiger partial charge in [-0.05, 0) is 37.3 Å². The van der Waals surface area contributed by atoms with Crippen LogP contribution in [0, 0.1) is 6.92 Å². The summed E-state index contributed by atoms with van der Waals surface area (Å²) < 4.78 is 38.3. The lowest BCUT2D eigenvalue weighted by atomic mass is 10.2. The standard InChI is InChI=1S/C16H12F3N3/c1-10-20-14-8-3-2-7-13(14)15(21-10)22-12-6-4-5-11(9-12)16(17,18)19/h2-9H,1H3,(H,20,21,22). The molecule has 3 aromatic rings. The summed E-state index contributed by atoms with van der Waals surface area (Å²) in [5.41, 5.74) is 0.370. The first-order valence-electron chi connectivity index (χ1n) is 6.61. The predicted octanol–water partition coefficient (Wildman–Crippen LogP) is 4.70. The molecule has 3 nitrogen and oxygen atoms in total. The summed E-state index contributed by atoms with van der Waals surface area (Å²) >= 11 is 0. The Morgan fingerprint density at radius 1 is 0.955 bits per heavy atom. The highest BCUT2D eigenvalue weighted by atomic mass is 19.4. The van der Waals surface area contributed by atoms with Gasteiger partial charge in [0.1, 0.15) is 11.6 Å². The first-order valence-corrected chi connectivity index (χ1v) is 6.61. The number of nitrogens with zero attached hydrogens (tertiary/aromatic N) is 2. The van der Waals surface area contributed by atoms with E-state index in [1.807, 2.05) is 24.3 Å². The topological polar surface area (TPSA) is 37.8 Å². The highest BCUT2D eigenvalue weighted by Gasteiger charge is 2.30. The van der Waals surface area contributed by atoms with Crippen molar-refractivity contribution in [3.63, 3.8) is 0 Å². The van der Waals surface area contributed by atoms with E-state index in [4.69, 9.17) is 0 Å². The molecule has 0 unspecified atom stereocenters. The second-order valence-corrected chi connectivity index (χ2v) is 4.84. The van der Waals surface area contributed by atoms with Crippen molar-refractivity contribution in [1.29, 1.82) is 0 Å². The first kappa shape index (κ1) is 14.3. The molecular formula is C16H12F3N3. The lowest BCUT2D eigenvalue weighted by molar-refractivity contribution is -0.137. The fraction of sp³-hybridized carbons (Fsp3) is 0.125. The van der Waals surface area contributed by atoms with Gasteiger partial charge in [-0.3, -0.25) is 0 Å². The number of nitrogens with one attached hydrogen (secondary N) is 1. The van der Waals surface area contributed by atoms with Crippen LogP contribution in [-0.4, -0.2) is 9.97 Å². The molecule has 22 heavy (non-hydrogen) atoms. The Morgan fingerprint density at radius 3 is 2.50 bits per heavy atom. The summed E-state index contributed by atoms with van der Waals surface area (Å²) in [4.78, 5) is 8.59. The minimum Gasteiger partial charge on any atom is -0.340 e. The maximum atomic E-state index is 12.8. The average Bonchev–Trinajstić information content (AvgIpc) is 2.46. The number of fused-ring (bicyclic) bond motifs is 1. The smallest absolute Gasteiger partial charge is 0.340 e. The van der Waals surface area contributed by atoms with Gasteiger partial charge in [0.15, 0.2) is 0 Å². The van der Waals surface area contributed by atoms with Crippen molar-refractivity contribution in [2.24, 2.45) is 0 Å². The molecule has 0 aliphatic heterocycles. The van der Waals surface area contributed by atoms with Crippen molar-refractivity contribution >= 4 is 22.4 Å². The molecular weight excluding hydrogens is 291 g/mol. The number of aryl methyl sites for hydroxylation is 1. The van der Waals surface area contributed by atoms with Gasteiger partial charge in [0.25, 0.3) is 0 Å². The zero-order valence-corrected chi connectivity index (χ0v) is 11.6. The summed E-state index contributed by atoms with van der Waals surface area (Å²) in [6, 6.07) is 12.4. The van der Waals surface area contributed by atoms with E-state index >= 15 is 0 Å². The number of para-hydroxylation sites is 1. The molecule has 3 rings (SSSR count). The minimum atomic E-state index is -4.37. The van der Waals surface area contributed by atoms with Crippen LogP contribution in [0.4, 0.5) is 24.7 Å². The van der Waals surface area contributed by atoms with Gasteiger partial charge in [-0.15, -0.1) is 0 Å². The molecule has 0 saturated heterocycles. The Kier molecular flexibility index (Phi) is 3.44. The molecule has 0 aliphatic rings. The van der Waals surface area contributed by atoms with E-state index in [0.29, 0.717) is 17.3 Å². The van der Waals surface area contributed by atoms with Crippen LogP contribution in [0.1, 0.15) is 11.4 Å². The number of halogens is 3. The monoisotopic (exact) mass is 303 g/mol. The number of alkyl halides is 3. The maximum absolute atomic E-state index is 12.8. The van der Waals surface area contributed by atoms with Crippen LogP contribution in [0.2, 0.25) is 0 Å². The van der Waals surface area contributed by atoms with Gasteiger partial charge in [-0.25, -0.2) is 9.97 Å². The van der Waals surface area contributed by atoms with Gasteiger partial charge in [-0.2, -0.15) is 13.2 Å². The van der Waals surface area contributed by atoms with Crippen LogP contribution < -0.4 is 5.32 Å². The normalized spacial score (nSPS) is 11.6. The maximum Gasteiger partial charge on any atom is 0.416 e. The van der Waals surface area contributed by atoms with Crippen LogP contribution in [0.5, 0.6) is 0 Å². The van der Waals surface area contributed by atoms with Crippen LogP contribution in [-0.2, 0) is 6.18 Å². The fourth-order valence-corrected chi connectivity index (χ4v) is 2.20. The average molecular weight is 303 g/mol. The quantitative estimate of drug-likeness (QED) is 0.745. The molecule has 0 bridgehead atoms. The van der Waals surface area contributed by atoms with Crippen molar-refractivity contribution in [3.8, 4) is 0 Å². The molecule has 0 atom stereocenters. The van der Waals surface area contributed by atoms with E-state index in [-0.39, 0.29) is 0 Å². The lowest BCUT2D eigenvalue weighted by Crippen LogP contribution is -2.05. The van der Waals surface area contributed by atoms with E-state index < -0.39 is 11.7 Å². The molecule has 112 valence electrons. The van der Waals surface area contributed by atoms with E-state index in [2.05, 4.69) is 15.3 Å². The summed E-state index contributed by atoms with van der Waals surface area (Å²) in [6.07, 6.45) is -4.37. The molecule has 1 aromatic heterocycles. The Hall–Kier alpha value is -2.63. The van der Waals surface area contributed by atoms with E-state index in [1.54, 1.807) is 13.0 Å². The third kappa shape index (κ3) is 2.86. The fourth-order valence-electron chi connectivity index (χ4n) is 2.20. The van der Waals surface area contributed by atoms with Gasteiger partial charge >= 0.3 is 6.18 Å². The Balaban J connectivity index is 2.04. The Labute approximate surface area is 124 Å². The molecule has 0 amide bonds. The molecule has 0 aliphatic carbocycles. The molecule has 0 saturated carbocycles. The number of aromatic nitrogens is 2. The predicted molar refractivity (Wildman–Crippen MR) is 79.0 cm³/mol. The minimum absolute atomic E-state index is 0.332. The van der Waals surface area contributed by atoms with E-state index in [1.165, 1.54) is 6.07 Å². The van der Waals surface area contributed by atoms with Crippen LogP contribution in [0.3, 0.4) is 0 Å². The van der Waals surface area contributed by atoms with Gasteiger partial charge in [-0.1, -0.05) is 18.2 Å². The molecule has 0 spiro atoms. The largest absolute Gasteiger partial charge is 0.416 e. The van der Waals surface area contributed by atoms with E-state index in [9.17, 15) is 13.2 Å². The highest BCUT2D eigenvalue weighted by Crippen LogP contribution is 2.32. The number of anilines is 2. The summed E-state index contributed by atoms with van der Waals surface area (Å²) in [5, 5.41) is 3.70.